The summed E-state index contributed by atoms with van der Waals surface area (Å²) in [5.41, 5.74) is 6.85. The smallest absolute Gasteiger partial charge is 0.0619 e. The normalized spacial score (nSPS) is 10.6. The Balaban J connectivity index is 0.00000155. The second-order valence-electron chi connectivity index (χ2n) is 9.80. The zero-order chi connectivity index (χ0) is 28.7. The Morgan fingerprint density at radius 3 is 0.667 bits per heavy atom. The molecule has 204 valence electrons. The summed E-state index contributed by atoms with van der Waals surface area (Å²) >= 11 is 0. The lowest BCUT2D eigenvalue weighted by Crippen LogP contribution is -2.14. The Hall–Kier alpha value is -5.34. The minimum Gasteiger partial charge on any atom is -0.309 e. The maximum Gasteiger partial charge on any atom is 0.0619 e. The summed E-state index contributed by atoms with van der Waals surface area (Å²) in [5.74, 6) is 0. The van der Waals surface area contributed by atoms with E-state index in [1.165, 1.54) is 32.9 Å². The molecule has 0 radical (unpaired) electrons. The molecule has 0 unspecified atom stereocenters. The van der Waals surface area contributed by atoms with Crippen LogP contribution in [-0.4, -0.2) is 0 Å². The first kappa shape index (κ1) is 26.9. The van der Waals surface area contributed by atoms with Crippen LogP contribution in [0.4, 0.5) is 34.1 Å². The van der Waals surface area contributed by atoms with Crippen molar-refractivity contribution in [1.29, 1.82) is 0 Å². The van der Waals surface area contributed by atoms with Crippen molar-refractivity contribution in [2.45, 2.75) is 13.8 Å². The molecule has 2 nitrogen and oxygen atoms in total. The quantitative estimate of drug-likeness (QED) is 0.152. The zero-order valence-corrected chi connectivity index (χ0v) is 24.1. The molecule has 0 aliphatic carbocycles. The van der Waals surface area contributed by atoms with Gasteiger partial charge in [-0.1, -0.05) is 135 Å². The van der Waals surface area contributed by atoms with Crippen LogP contribution in [0, 0.1) is 0 Å². The van der Waals surface area contributed by atoms with Crippen LogP contribution in [-0.2, 0) is 0 Å². The number of hydrogen-bond donors (Lipinski definition) is 0. The van der Waals surface area contributed by atoms with Crippen molar-refractivity contribution < 1.29 is 0 Å². The third-order valence-corrected chi connectivity index (χ3v) is 7.38. The van der Waals surface area contributed by atoms with Gasteiger partial charge in [0, 0.05) is 44.3 Å². The van der Waals surface area contributed by atoms with Crippen LogP contribution in [0.1, 0.15) is 13.8 Å². The van der Waals surface area contributed by atoms with Gasteiger partial charge in [-0.3, -0.25) is 0 Å². The third-order valence-electron chi connectivity index (χ3n) is 7.38. The van der Waals surface area contributed by atoms with Crippen molar-refractivity contribution in [2.24, 2.45) is 0 Å². The maximum absolute atomic E-state index is 2.39. The molecule has 7 rings (SSSR count). The van der Waals surface area contributed by atoms with Crippen LogP contribution in [0.15, 0.2) is 170 Å². The van der Waals surface area contributed by atoms with Gasteiger partial charge in [-0.05, 0) is 48.5 Å². The summed E-state index contributed by atoms with van der Waals surface area (Å²) in [5, 5.41) is 4.78. The number of fused-ring (bicyclic) bond motifs is 2. The number of benzene rings is 7. The summed E-state index contributed by atoms with van der Waals surface area (Å²) in [6.45, 7) is 4.00. The fourth-order valence-electron chi connectivity index (χ4n) is 5.69. The van der Waals surface area contributed by atoms with E-state index in [0.29, 0.717) is 0 Å². The van der Waals surface area contributed by atoms with Gasteiger partial charge in [0.05, 0.1) is 11.4 Å². The maximum atomic E-state index is 2.39. The monoisotopic (exact) mass is 542 g/mol. The van der Waals surface area contributed by atoms with Gasteiger partial charge in [0.25, 0.3) is 0 Å². The molecule has 7 aromatic rings. The van der Waals surface area contributed by atoms with Gasteiger partial charge in [-0.2, -0.15) is 0 Å². The molecule has 0 fully saturated rings. The molecule has 0 heterocycles. The molecule has 0 saturated carbocycles. The second kappa shape index (κ2) is 12.4. The zero-order valence-electron chi connectivity index (χ0n) is 24.1. The summed E-state index contributed by atoms with van der Waals surface area (Å²) in [6, 6.07) is 60.3. The van der Waals surface area contributed by atoms with Crippen LogP contribution in [0.25, 0.3) is 21.5 Å². The lowest BCUT2D eigenvalue weighted by Gasteiger charge is -2.32. The largest absolute Gasteiger partial charge is 0.309 e. The minimum absolute atomic E-state index is 1.12. The van der Waals surface area contributed by atoms with Crippen LogP contribution < -0.4 is 9.80 Å². The van der Waals surface area contributed by atoms with Crippen molar-refractivity contribution >= 4 is 55.7 Å². The van der Waals surface area contributed by atoms with Gasteiger partial charge < -0.3 is 9.80 Å². The number of anilines is 6. The number of para-hydroxylation sites is 4. The fourth-order valence-corrected chi connectivity index (χ4v) is 5.69. The lowest BCUT2D eigenvalue weighted by molar-refractivity contribution is 1.29. The Labute approximate surface area is 248 Å². The van der Waals surface area contributed by atoms with E-state index in [1.807, 2.05) is 13.8 Å². The summed E-state index contributed by atoms with van der Waals surface area (Å²) in [6.07, 6.45) is 0. The summed E-state index contributed by atoms with van der Waals surface area (Å²) < 4.78 is 0. The Bertz CT molecular complexity index is 1610. The van der Waals surface area contributed by atoms with Crippen molar-refractivity contribution in [3.63, 3.8) is 0 Å². The van der Waals surface area contributed by atoms with E-state index in [1.54, 1.807) is 0 Å². The van der Waals surface area contributed by atoms with Crippen LogP contribution in [0.3, 0.4) is 0 Å². The molecule has 0 bridgehead atoms. The molecule has 0 aromatic heterocycles. The highest BCUT2D eigenvalue weighted by atomic mass is 15.2. The first-order chi connectivity index (χ1) is 20.9. The first-order valence-electron chi connectivity index (χ1n) is 14.6. The molecule has 0 amide bonds. The Morgan fingerprint density at radius 2 is 0.452 bits per heavy atom. The van der Waals surface area contributed by atoms with Gasteiger partial charge in [0.1, 0.15) is 0 Å². The van der Waals surface area contributed by atoms with E-state index >= 15 is 0 Å². The van der Waals surface area contributed by atoms with Gasteiger partial charge in [0.2, 0.25) is 0 Å². The van der Waals surface area contributed by atoms with E-state index in [4.69, 9.17) is 0 Å². The highest BCUT2D eigenvalue weighted by molar-refractivity contribution is 6.23. The topological polar surface area (TPSA) is 6.48 Å². The van der Waals surface area contributed by atoms with Crippen LogP contribution in [0.5, 0.6) is 0 Å². The Morgan fingerprint density at radius 1 is 0.262 bits per heavy atom. The average molecular weight is 543 g/mol. The van der Waals surface area contributed by atoms with Crippen molar-refractivity contribution in [1.82, 2.24) is 0 Å². The second-order valence-corrected chi connectivity index (χ2v) is 9.80. The average Bonchev–Trinajstić information content (AvgIpc) is 3.09. The van der Waals surface area contributed by atoms with E-state index in [0.717, 1.165) is 22.7 Å². The number of rotatable bonds is 6. The summed E-state index contributed by atoms with van der Waals surface area (Å²) in [4.78, 5) is 4.79. The molecule has 0 spiro atoms. The van der Waals surface area contributed by atoms with Crippen LogP contribution in [0.2, 0.25) is 0 Å². The van der Waals surface area contributed by atoms with Gasteiger partial charge in [-0.25, -0.2) is 0 Å². The molecule has 2 heteroatoms. The molecule has 0 saturated heterocycles. The van der Waals surface area contributed by atoms with Gasteiger partial charge in [-0.15, -0.1) is 0 Å². The van der Waals surface area contributed by atoms with Crippen molar-refractivity contribution in [3.05, 3.63) is 170 Å². The molecular weight excluding hydrogens is 508 g/mol. The molecule has 42 heavy (non-hydrogen) atoms. The van der Waals surface area contributed by atoms with Crippen LogP contribution >= 0.6 is 0 Å². The molecule has 0 aliphatic heterocycles. The van der Waals surface area contributed by atoms with E-state index in [-0.39, 0.29) is 0 Å². The molecule has 7 aromatic carbocycles. The molecule has 0 N–H and O–H groups in total. The SMILES string of the molecule is CC.c1ccc(N(c2ccccc2)c2c3ccccc3c(N(c3ccccc3)c3ccccc3)c3ccccc23)cc1. The predicted molar refractivity (Wildman–Crippen MR) is 182 cm³/mol. The third kappa shape index (κ3) is 5.00. The van der Waals surface area contributed by atoms with Crippen molar-refractivity contribution in [3.8, 4) is 0 Å². The molecule has 0 atom stereocenters. The van der Waals surface area contributed by atoms with E-state index in [2.05, 4.69) is 180 Å². The highest BCUT2D eigenvalue weighted by Crippen LogP contribution is 2.50. The van der Waals surface area contributed by atoms with Gasteiger partial charge >= 0.3 is 0 Å². The van der Waals surface area contributed by atoms with E-state index < -0.39 is 0 Å². The summed E-state index contributed by atoms with van der Waals surface area (Å²) in [7, 11) is 0. The number of nitrogens with zero attached hydrogens (tertiary/aromatic N) is 2. The highest BCUT2D eigenvalue weighted by Gasteiger charge is 2.24. The van der Waals surface area contributed by atoms with E-state index in [9.17, 15) is 0 Å². The van der Waals surface area contributed by atoms with Crippen molar-refractivity contribution in [2.75, 3.05) is 9.80 Å². The fraction of sp³-hybridized carbons (Fsp3) is 0.0500. The standard InChI is InChI=1S/C38H28N2.C2H6/c1-5-17-29(18-6-1)39(30-19-7-2-8-20-30)37-33-25-13-15-27-35(33)38(36-28-16-14-26-34(36)37)40(31-21-9-3-10-22-31)32-23-11-4-12-24-32;1-2/h1-28H;1-2H3. The predicted octanol–water partition coefficient (Wildman–Crippen LogP) is 12.0. The first-order valence-corrected chi connectivity index (χ1v) is 14.6. The lowest BCUT2D eigenvalue weighted by atomic mass is 9.95. The van der Waals surface area contributed by atoms with Gasteiger partial charge in [0.15, 0.2) is 0 Å². The number of hydrogen-bond acceptors (Lipinski definition) is 2. The molecule has 0 aliphatic rings. The molecular formula is C40H34N2. The Kier molecular flexibility index (Phi) is 7.96. The minimum atomic E-state index is 1.12.